The maximum atomic E-state index is 14.2. The van der Waals surface area contributed by atoms with Gasteiger partial charge in [-0.2, -0.15) is 0 Å². The molecule has 34 heavy (non-hydrogen) atoms. The van der Waals surface area contributed by atoms with Gasteiger partial charge in [0.15, 0.2) is 0 Å². The molecule has 198 valence electrons. The Labute approximate surface area is 205 Å². The predicted molar refractivity (Wildman–Crippen MR) is 132 cm³/mol. The second-order valence-corrected chi connectivity index (χ2v) is 10.1. The topological polar surface area (TPSA) is 27.7 Å². The molecule has 0 bridgehead atoms. The van der Waals surface area contributed by atoms with Gasteiger partial charge in [-0.05, 0) is 67.2 Å². The molecule has 0 aliphatic carbocycles. The second-order valence-electron chi connectivity index (χ2n) is 10.1. The third-order valence-corrected chi connectivity index (χ3v) is 5.69. The molecule has 0 heterocycles. The molecule has 1 aromatic rings. The minimum atomic E-state index is -1.24. The Bertz CT molecular complexity index is 642. The van der Waals surface area contributed by atoms with E-state index >= 15 is 0 Å². The smallest absolute Gasteiger partial charge is 0.286 e. The van der Waals surface area contributed by atoms with Crippen molar-refractivity contribution >= 4 is 0 Å². The Morgan fingerprint density at radius 3 is 1.59 bits per heavy atom. The van der Waals surface area contributed by atoms with E-state index in [0.29, 0.717) is 12.8 Å². The van der Waals surface area contributed by atoms with Gasteiger partial charge in [-0.3, -0.25) is 0 Å². The summed E-state index contributed by atoms with van der Waals surface area (Å²) in [4.78, 5) is 0. The average molecular weight is 489 g/mol. The van der Waals surface area contributed by atoms with E-state index in [9.17, 15) is 13.2 Å². The maximum Gasteiger partial charge on any atom is 0.286 e. The first kappa shape index (κ1) is 30.9. The number of benzene rings is 1. The van der Waals surface area contributed by atoms with Gasteiger partial charge in [0.2, 0.25) is 0 Å². The van der Waals surface area contributed by atoms with Crippen LogP contribution in [0.4, 0.5) is 13.2 Å². The molecule has 0 amide bonds. The van der Waals surface area contributed by atoms with Gasteiger partial charge >= 0.3 is 0 Å². The van der Waals surface area contributed by atoms with Crippen LogP contribution in [0, 0.1) is 23.4 Å². The van der Waals surface area contributed by atoms with E-state index in [4.69, 9.17) is 14.2 Å². The summed E-state index contributed by atoms with van der Waals surface area (Å²) in [5.41, 5.74) is -0.0790. The highest BCUT2D eigenvalue weighted by Crippen LogP contribution is 2.37. The Kier molecular flexibility index (Phi) is 14.4. The molecule has 0 saturated heterocycles. The van der Waals surface area contributed by atoms with Crippen molar-refractivity contribution in [2.45, 2.75) is 137 Å². The first-order chi connectivity index (χ1) is 16.0. The molecular weight excluding hydrogens is 441 g/mol. The maximum absolute atomic E-state index is 14.2. The monoisotopic (exact) mass is 488 g/mol. The van der Waals surface area contributed by atoms with Gasteiger partial charge < -0.3 is 14.2 Å². The first-order valence-corrected chi connectivity index (χ1v) is 13.2. The van der Waals surface area contributed by atoms with Crippen molar-refractivity contribution in [2.75, 3.05) is 0 Å². The van der Waals surface area contributed by atoms with Crippen LogP contribution in [-0.2, 0) is 20.6 Å². The van der Waals surface area contributed by atoms with E-state index in [1.807, 2.05) is 41.5 Å². The largest absolute Gasteiger partial charge is 0.324 e. The number of ether oxygens (including phenoxy) is 3. The molecule has 0 aliphatic heterocycles. The van der Waals surface area contributed by atoms with Crippen LogP contribution in [0.5, 0.6) is 0 Å². The van der Waals surface area contributed by atoms with Crippen LogP contribution in [0.3, 0.4) is 0 Å². The van der Waals surface area contributed by atoms with E-state index in [-0.39, 0.29) is 36.2 Å². The number of halogens is 3. The third-order valence-electron chi connectivity index (χ3n) is 5.69. The van der Waals surface area contributed by atoms with Crippen LogP contribution in [0.15, 0.2) is 12.1 Å². The molecule has 0 aliphatic rings. The molecule has 0 spiro atoms. The highest BCUT2D eigenvalue weighted by molar-refractivity contribution is 5.20. The van der Waals surface area contributed by atoms with Gasteiger partial charge in [-0.25, -0.2) is 13.2 Å². The van der Waals surface area contributed by atoms with Gasteiger partial charge in [-0.1, -0.05) is 45.4 Å². The van der Waals surface area contributed by atoms with E-state index in [1.165, 1.54) is 25.7 Å². The summed E-state index contributed by atoms with van der Waals surface area (Å²) in [6.07, 6.45) is 8.69. The van der Waals surface area contributed by atoms with Crippen molar-refractivity contribution in [2.24, 2.45) is 5.92 Å². The fourth-order valence-corrected chi connectivity index (χ4v) is 4.36. The molecule has 0 saturated carbocycles. The van der Waals surface area contributed by atoms with Crippen molar-refractivity contribution in [3.8, 4) is 0 Å². The summed E-state index contributed by atoms with van der Waals surface area (Å²) in [6, 6.07) is 1.48. The number of hydrogen-bond donors (Lipinski definition) is 0. The van der Waals surface area contributed by atoms with Crippen molar-refractivity contribution < 1.29 is 27.4 Å². The van der Waals surface area contributed by atoms with E-state index < -0.39 is 23.4 Å². The number of hydrogen-bond acceptors (Lipinski definition) is 3. The van der Waals surface area contributed by atoms with Crippen LogP contribution in [0.2, 0.25) is 0 Å². The lowest BCUT2D eigenvalue weighted by Crippen LogP contribution is -2.51. The van der Waals surface area contributed by atoms with Crippen LogP contribution >= 0.6 is 0 Å². The number of rotatable bonds is 18. The van der Waals surface area contributed by atoms with E-state index in [2.05, 4.69) is 6.92 Å². The Hall–Kier alpha value is -1.11. The molecule has 0 aromatic heterocycles. The highest BCUT2D eigenvalue weighted by atomic mass is 19.1. The first-order valence-electron chi connectivity index (χ1n) is 13.2. The zero-order valence-corrected chi connectivity index (χ0v) is 22.4. The molecule has 0 N–H and O–H groups in total. The standard InChI is InChI=1S/C28H47F3O3/c1-8-9-10-11-12-13-15-23(16-14-17-25-26(30)18-24(29)19-27(25)31)28(32-20(2)3,33-21(4)5)34-22(6)7/h18-23H,8-17H2,1-7H3. The molecule has 0 fully saturated rings. The van der Waals surface area contributed by atoms with Gasteiger partial charge in [0.05, 0.1) is 18.3 Å². The SMILES string of the molecule is CCCCCCCCC(CCCc1c(F)cc(F)cc1F)C(OC(C)C)(OC(C)C)OC(C)C. The van der Waals surface area contributed by atoms with Crippen LogP contribution in [0.25, 0.3) is 0 Å². The summed E-state index contributed by atoms with van der Waals surface area (Å²) >= 11 is 0. The van der Waals surface area contributed by atoms with Crippen LogP contribution in [-0.4, -0.2) is 24.3 Å². The second kappa shape index (κ2) is 15.8. The molecule has 1 unspecified atom stereocenters. The highest BCUT2D eigenvalue weighted by Gasteiger charge is 2.44. The zero-order valence-electron chi connectivity index (χ0n) is 22.4. The molecule has 1 rings (SSSR count). The fourth-order valence-electron chi connectivity index (χ4n) is 4.36. The summed E-state index contributed by atoms with van der Waals surface area (Å²) in [5, 5.41) is 0. The van der Waals surface area contributed by atoms with Crippen molar-refractivity contribution in [3.63, 3.8) is 0 Å². The summed E-state index contributed by atoms with van der Waals surface area (Å²) in [5.74, 6) is -3.94. The lowest BCUT2D eigenvalue weighted by atomic mass is 9.90. The molecule has 1 aromatic carbocycles. The molecule has 0 radical (unpaired) electrons. The van der Waals surface area contributed by atoms with Crippen LogP contribution in [0.1, 0.15) is 112 Å². The fraction of sp³-hybridized carbons (Fsp3) is 0.786. The summed E-state index contributed by atoms with van der Waals surface area (Å²) < 4.78 is 60.7. The average Bonchev–Trinajstić information content (AvgIpc) is 2.69. The zero-order chi connectivity index (χ0) is 25.7. The van der Waals surface area contributed by atoms with Gasteiger partial charge in [0.25, 0.3) is 5.97 Å². The van der Waals surface area contributed by atoms with Gasteiger partial charge in [0.1, 0.15) is 17.5 Å². The molecule has 3 nitrogen and oxygen atoms in total. The quantitative estimate of drug-likeness (QED) is 0.153. The molecule has 6 heteroatoms. The normalized spacial score (nSPS) is 13.4. The Morgan fingerprint density at radius 1 is 0.676 bits per heavy atom. The molecule has 1 atom stereocenters. The lowest BCUT2D eigenvalue weighted by Gasteiger charge is -2.43. The Morgan fingerprint density at radius 2 is 1.12 bits per heavy atom. The lowest BCUT2D eigenvalue weighted by molar-refractivity contribution is -0.433. The van der Waals surface area contributed by atoms with E-state index in [0.717, 1.165) is 31.4 Å². The summed E-state index contributed by atoms with van der Waals surface area (Å²) in [7, 11) is 0. The van der Waals surface area contributed by atoms with Gasteiger partial charge in [-0.15, -0.1) is 0 Å². The van der Waals surface area contributed by atoms with Crippen molar-refractivity contribution in [3.05, 3.63) is 35.1 Å². The van der Waals surface area contributed by atoms with E-state index in [1.54, 1.807) is 0 Å². The van der Waals surface area contributed by atoms with Crippen LogP contribution < -0.4 is 0 Å². The minimum absolute atomic E-state index is 0.0790. The Balaban J connectivity index is 3.08. The van der Waals surface area contributed by atoms with Crippen molar-refractivity contribution in [1.82, 2.24) is 0 Å². The molecular formula is C28H47F3O3. The summed E-state index contributed by atoms with van der Waals surface area (Å²) in [6.45, 7) is 13.9. The predicted octanol–water partition coefficient (Wildman–Crippen LogP) is 8.72. The number of unbranched alkanes of at least 4 members (excludes halogenated alkanes) is 5. The third kappa shape index (κ3) is 11.1. The van der Waals surface area contributed by atoms with Gasteiger partial charge in [0, 0.05) is 23.6 Å². The minimum Gasteiger partial charge on any atom is -0.324 e. The van der Waals surface area contributed by atoms with Crippen molar-refractivity contribution in [1.29, 1.82) is 0 Å².